The zero-order chi connectivity index (χ0) is 12.3. The van der Waals surface area contributed by atoms with Gasteiger partial charge in [0.15, 0.2) is 5.17 Å². The molecule has 2 N–H and O–H groups in total. The lowest BCUT2D eigenvalue weighted by atomic mass is 10.3. The Kier molecular flexibility index (Phi) is 3.86. The third-order valence-electron chi connectivity index (χ3n) is 2.23. The van der Waals surface area contributed by atoms with Gasteiger partial charge in [-0.25, -0.2) is 9.78 Å². The molecule has 1 aliphatic rings. The summed E-state index contributed by atoms with van der Waals surface area (Å²) in [6.07, 6.45) is 1.72. The van der Waals surface area contributed by atoms with Gasteiger partial charge in [-0.2, -0.15) is 4.99 Å². The number of nitrogens with zero attached hydrogens (tertiary/aromatic N) is 3. The Balaban J connectivity index is 2.07. The summed E-state index contributed by atoms with van der Waals surface area (Å²) in [5.74, 6) is 0.910. The molecule has 5 nitrogen and oxygen atoms in total. The fourth-order valence-corrected chi connectivity index (χ4v) is 2.60. The van der Waals surface area contributed by atoms with E-state index < -0.39 is 6.03 Å². The Morgan fingerprint density at radius 2 is 2.47 bits per heavy atom. The number of primary amides is 1. The monoisotopic (exact) mass is 270 g/mol. The molecular weight excluding hydrogens is 260 g/mol. The largest absolute Gasteiger partial charge is 0.350 e. The van der Waals surface area contributed by atoms with E-state index in [1.807, 2.05) is 11.0 Å². The van der Waals surface area contributed by atoms with Crippen LogP contribution in [0, 0.1) is 0 Å². The summed E-state index contributed by atoms with van der Waals surface area (Å²) in [6.45, 7) is 1.50. The van der Waals surface area contributed by atoms with Crippen molar-refractivity contribution in [3.8, 4) is 0 Å². The van der Waals surface area contributed by atoms with Gasteiger partial charge >= 0.3 is 6.03 Å². The van der Waals surface area contributed by atoms with E-state index >= 15 is 0 Å². The van der Waals surface area contributed by atoms with Crippen LogP contribution in [0.5, 0.6) is 0 Å². The van der Waals surface area contributed by atoms with Gasteiger partial charge in [0.1, 0.15) is 5.15 Å². The Bertz CT molecular complexity index is 448. The Hall–Kier alpha value is -1.27. The van der Waals surface area contributed by atoms with Crippen molar-refractivity contribution in [2.45, 2.75) is 6.54 Å². The van der Waals surface area contributed by atoms with Crippen LogP contribution in [0.2, 0.25) is 5.15 Å². The van der Waals surface area contributed by atoms with E-state index in [2.05, 4.69) is 9.98 Å². The van der Waals surface area contributed by atoms with Crippen molar-refractivity contribution >= 4 is 34.6 Å². The van der Waals surface area contributed by atoms with Crippen LogP contribution in [0.4, 0.5) is 4.79 Å². The highest BCUT2D eigenvalue weighted by atomic mass is 35.5. The van der Waals surface area contributed by atoms with Crippen molar-refractivity contribution in [3.05, 3.63) is 29.0 Å². The second-order valence-corrected chi connectivity index (χ2v) is 4.94. The minimum absolute atomic E-state index is 0.468. The Labute approximate surface area is 108 Å². The highest BCUT2D eigenvalue weighted by Crippen LogP contribution is 2.20. The van der Waals surface area contributed by atoms with Crippen LogP contribution in [-0.4, -0.2) is 33.4 Å². The number of urea groups is 1. The van der Waals surface area contributed by atoms with E-state index in [-0.39, 0.29) is 0 Å². The molecule has 1 aromatic rings. The van der Waals surface area contributed by atoms with E-state index in [9.17, 15) is 4.79 Å². The van der Waals surface area contributed by atoms with Crippen LogP contribution in [0.1, 0.15) is 5.56 Å². The molecule has 1 fully saturated rings. The zero-order valence-corrected chi connectivity index (χ0v) is 10.5. The molecule has 90 valence electrons. The number of halogens is 1. The number of hydrogen-bond acceptors (Lipinski definition) is 3. The Morgan fingerprint density at radius 3 is 3.12 bits per heavy atom. The van der Waals surface area contributed by atoms with Crippen LogP contribution < -0.4 is 5.73 Å². The summed E-state index contributed by atoms with van der Waals surface area (Å²) in [6, 6.07) is 2.99. The number of pyridine rings is 1. The van der Waals surface area contributed by atoms with Crippen molar-refractivity contribution in [1.29, 1.82) is 0 Å². The quantitative estimate of drug-likeness (QED) is 0.831. The second-order valence-electron chi connectivity index (χ2n) is 3.49. The summed E-state index contributed by atoms with van der Waals surface area (Å²) >= 11 is 7.24. The SMILES string of the molecule is NC(=O)N=C1SCCN1Cc1ccc(Cl)nc1. The smallest absolute Gasteiger partial charge is 0.340 e. The molecule has 0 saturated carbocycles. The van der Waals surface area contributed by atoms with Crippen LogP contribution in [0.15, 0.2) is 23.3 Å². The predicted molar refractivity (Wildman–Crippen MR) is 69.1 cm³/mol. The van der Waals surface area contributed by atoms with Gasteiger partial charge in [-0.1, -0.05) is 29.4 Å². The zero-order valence-electron chi connectivity index (χ0n) is 8.97. The third kappa shape index (κ3) is 3.34. The topological polar surface area (TPSA) is 71.6 Å². The number of aliphatic imine (C=N–C) groups is 1. The number of thioether (sulfide) groups is 1. The highest BCUT2D eigenvalue weighted by Gasteiger charge is 2.20. The van der Waals surface area contributed by atoms with Gasteiger partial charge in [-0.15, -0.1) is 0 Å². The number of amides is 2. The molecule has 1 aromatic heterocycles. The number of amidine groups is 1. The fourth-order valence-electron chi connectivity index (χ4n) is 1.50. The van der Waals surface area contributed by atoms with Crippen molar-refractivity contribution in [1.82, 2.24) is 9.88 Å². The number of carbonyl (C=O) groups excluding carboxylic acids is 1. The first-order chi connectivity index (χ1) is 8.15. The fraction of sp³-hybridized carbons (Fsp3) is 0.300. The lowest BCUT2D eigenvalue weighted by molar-refractivity contribution is 0.256. The molecule has 1 saturated heterocycles. The van der Waals surface area contributed by atoms with Gasteiger partial charge in [-0.05, 0) is 11.6 Å². The molecule has 0 unspecified atom stereocenters. The summed E-state index contributed by atoms with van der Waals surface area (Å²) in [5.41, 5.74) is 6.07. The first kappa shape index (κ1) is 12.2. The number of nitrogens with two attached hydrogens (primary N) is 1. The second kappa shape index (κ2) is 5.37. The average molecular weight is 271 g/mol. The van der Waals surface area contributed by atoms with Crippen LogP contribution >= 0.6 is 23.4 Å². The van der Waals surface area contributed by atoms with E-state index in [4.69, 9.17) is 17.3 Å². The molecule has 2 heterocycles. The summed E-state index contributed by atoms with van der Waals surface area (Å²) in [4.78, 5) is 20.5. The number of carbonyl (C=O) groups is 1. The normalized spacial score (nSPS) is 17.7. The molecule has 0 spiro atoms. The van der Waals surface area contributed by atoms with Gasteiger partial charge in [-0.3, -0.25) is 0 Å². The van der Waals surface area contributed by atoms with Crippen molar-refractivity contribution in [2.24, 2.45) is 10.7 Å². The lowest BCUT2D eigenvalue weighted by Crippen LogP contribution is -2.25. The maximum absolute atomic E-state index is 10.8. The predicted octanol–water partition coefficient (Wildman–Crippen LogP) is 1.72. The summed E-state index contributed by atoms with van der Waals surface area (Å²) in [5, 5.41) is 1.14. The molecule has 7 heteroatoms. The molecule has 0 aliphatic carbocycles. The number of rotatable bonds is 2. The van der Waals surface area contributed by atoms with Gasteiger partial charge in [0, 0.05) is 25.0 Å². The summed E-state index contributed by atoms with van der Waals surface area (Å²) < 4.78 is 0. The minimum atomic E-state index is -0.659. The number of aromatic nitrogens is 1. The van der Waals surface area contributed by atoms with Gasteiger partial charge in [0.25, 0.3) is 0 Å². The molecular formula is C10H11ClN4OS. The van der Waals surface area contributed by atoms with E-state index in [1.54, 1.807) is 12.3 Å². The summed E-state index contributed by atoms with van der Waals surface area (Å²) in [7, 11) is 0. The van der Waals surface area contributed by atoms with E-state index in [0.29, 0.717) is 16.9 Å². The van der Waals surface area contributed by atoms with Gasteiger partial charge < -0.3 is 10.6 Å². The molecule has 1 aliphatic heterocycles. The average Bonchev–Trinajstić information content (AvgIpc) is 2.68. The Morgan fingerprint density at radius 1 is 1.65 bits per heavy atom. The molecule has 2 amide bonds. The maximum Gasteiger partial charge on any atom is 0.340 e. The third-order valence-corrected chi connectivity index (χ3v) is 3.45. The maximum atomic E-state index is 10.8. The van der Waals surface area contributed by atoms with Gasteiger partial charge in [0.05, 0.1) is 0 Å². The molecule has 0 bridgehead atoms. The lowest BCUT2D eigenvalue weighted by Gasteiger charge is -2.16. The van der Waals surface area contributed by atoms with E-state index in [1.165, 1.54) is 11.8 Å². The standard InChI is InChI=1S/C10H11ClN4OS/c11-8-2-1-7(5-13-8)6-15-3-4-17-10(15)14-9(12)16/h1-2,5H,3-4,6H2,(H2,12,16). The highest BCUT2D eigenvalue weighted by molar-refractivity contribution is 8.14. The molecule has 0 radical (unpaired) electrons. The van der Waals surface area contributed by atoms with Crippen LogP contribution in [-0.2, 0) is 6.54 Å². The number of hydrogen-bond donors (Lipinski definition) is 1. The van der Waals surface area contributed by atoms with Crippen LogP contribution in [0.25, 0.3) is 0 Å². The van der Waals surface area contributed by atoms with Crippen molar-refractivity contribution in [2.75, 3.05) is 12.3 Å². The van der Waals surface area contributed by atoms with Crippen molar-refractivity contribution in [3.63, 3.8) is 0 Å². The van der Waals surface area contributed by atoms with E-state index in [0.717, 1.165) is 17.9 Å². The minimum Gasteiger partial charge on any atom is -0.350 e. The van der Waals surface area contributed by atoms with Crippen molar-refractivity contribution < 1.29 is 4.79 Å². The molecule has 0 atom stereocenters. The molecule has 17 heavy (non-hydrogen) atoms. The van der Waals surface area contributed by atoms with Gasteiger partial charge in [0.2, 0.25) is 0 Å². The first-order valence-electron chi connectivity index (χ1n) is 5.01. The molecule has 2 rings (SSSR count). The first-order valence-corrected chi connectivity index (χ1v) is 6.38. The molecule has 0 aromatic carbocycles. The van der Waals surface area contributed by atoms with Crippen LogP contribution in [0.3, 0.4) is 0 Å².